The summed E-state index contributed by atoms with van der Waals surface area (Å²) in [5.74, 6) is -0.368. The molecule has 0 atom stereocenters. The molecule has 0 radical (unpaired) electrons. The molecular weight excluding hydrogens is 238 g/mol. The topological polar surface area (TPSA) is 81.6 Å². The summed E-state index contributed by atoms with van der Waals surface area (Å²) >= 11 is 1.39. The number of carbonyl (C=O) groups is 1. The monoisotopic (exact) mass is 255 g/mol. The first kappa shape index (κ1) is 12.2. The van der Waals surface area contributed by atoms with Gasteiger partial charge in [-0.25, -0.2) is 4.79 Å². The smallest absolute Gasteiger partial charge is 0.350 e. The van der Waals surface area contributed by atoms with Crippen molar-refractivity contribution in [3.63, 3.8) is 0 Å². The highest BCUT2D eigenvalue weighted by atomic mass is 32.1. The van der Waals surface area contributed by atoms with Gasteiger partial charge in [-0.05, 0) is 18.9 Å². The first-order chi connectivity index (χ1) is 8.11. The SMILES string of the molecule is COC(=O)c1sc(N2CCC(N)CC2)cc1N. The van der Waals surface area contributed by atoms with Crippen LogP contribution in [0.2, 0.25) is 0 Å². The van der Waals surface area contributed by atoms with Crippen molar-refractivity contribution in [1.82, 2.24) is 0 Å². The van der Waals surface area contributed by atoms with Crippen LogP contribution < -0.4 is 16.4 Å². The molecular formula is C11H17N3O2S. The van der Waals surface area contributed by atoms with Crippen molar-refractivity contribution in [2.24, 2.45) is 5.73 Å². The van der Waals surface area contributed by atoms with E-state index in [1.165, 1.54) is 18.4 Å². The normalized spacial score (nSPS) is 17.2. The Bertz CT molecular complexity index is 411. The molecule has 1 saturated heterocycles. The highest BCUT2D eigenvalue weighted by molar-refractivity contribution is 7.18. The number of anilines is 2. The number of hydrogen-bond donors (Lipinski definition) is 2. The van der Waals surface area contributed by atoms with Gasteiger partial charge in [0, 0.05) is 19.1 Å². The molecule has 0 aliphatic carbocycles. The first-order valence-corrected chi connectivity index (χ1v) is 6.41. The molecule has 0 amide bonds. The molecule has 1 aromatic rings. The molecule has 2 rings (SSSR count). The van der Waals surface area contributed by atoms with E-state index < -0.39 is 0 Å². The van der Waals surface area contributed by atoms with Gasteiger partial charge in [-0.15, -0.1) is 11.3 Å². The average Bonchev–Trinajstić information content (AvgIpc) is 2.71. The van der Waals surface area contributed by atoms with Crippen molar-refractivity contribution >= 4 is 28.0 Å². The fourth-order valence-electron chi connectivity index (χ4n) is 1.92. The fraction of sp³-hybridized carbons (Fsp3) is 0.545. The lowest BCUT2D eigenvalue weighted by Crippen LogP contribution is -2.39. The molecule has 1 aliphatic rings. The molecule has 0 saturated carbocycles. The maximum atomic E-state index is 11.5. The summed E-state index contributed by atoms with van der Waals surface area (Å²) < 4.78 is 4.69. The van der Waals surface area contributed by atoms with E-state index in [1.807, 2.05) is 6.07 Å². The minimum atomic E-state index is -0.368. The number of nitrogen functional groups attached to an aromatic ring is 1. The number of thiophene rings is 1. The van der Waals surface area contributed by atoms with Gasteiger partial charge in [-0.2, -0.15) is 0 Å². The highest BCUT2D eigenvalue weighted by Crippen LogP contribution is 2.33. The van der Waals surface area contributed by atoms with E-state index in [9.17, 15) is 4.79 Å². The van der Waals surface area contributed by atoms with Gasteiger partial charge >= 0.3 is 5.97 Å². The van der Waals surface area contributed by atoms with E-state index in [0.29, 0.717) is 16.6 Å². The predicted octanol–water partition coefficient (Wildman–Crippen LogP) is 1.04. The van der Waals surface area contributed by atoms with Gasteiger partial charge in [-0.3, -0.25) is 0 Å². The Kier molecular flexibility index (Phi) is 3.54. The lowest BCUT2D eigenvalue weighted by Gasteiger charge is -2.30. The summed E-state index contributed by atoms with van der Waals surface area (Å²) in [6.45, 7) is 1.84. The number of esters is 1. The first-order valence-electron chi connectivity index (χ1n) is 5.60. The molecule has 5 nitrogen and oxygen atoms in total. The number of methoxy groups -OCH3 is 1. The van der Waals surface area contributed by atoms with E-state index in [1.54, 1.807) is 0 Å². The second-order valence-corrected chi connectivity index (χ2v) is 5.22. The highest BCUT2D eigenvalue weighted by Gasteiger charge is 2.21. The second kappa shape index (κ2) is 4.93. The van der Waals surface area contributed by atoms with E-state index in [0.717, 1.165) is 30.9 Å². The molecule has 0 aromatic carbocycles. The molecule has 1 aliphatic heterocycles. The van der Waals surface area contributed by atoms with Crippen LogP contribution in [0.3, 0.4) is 0 Å². The Morgan fingerprint density at radius 2 is 2.18 bits per heavy atom. The summed E-state index contributed by atoms with van der Waals surface area (Å²) in [6, 6.07) is 2.14. The van der Waals surface area contributed by atoms with Crippen LogP contribution in [0.1, 0.15) is 22.5 Å². The van der Waals surface area contributed by atoms with Gasteiger partial charge in [0.15, 0.2) is 0 Å². The van der Waals surface area contributed by atoms with Crippen LogP contribution in [0.25, 0.3) is 0 Å². The Labute approximate surface area is 104 Å². The van der Waals surface area contributed by atoms with Crippen LogP contribution in [0.4, 0.5) is 10.7 Å². The molecule has 94 valence electrons. The number of ether oxygens (including phenoxy) is 1. The Balaban J connectivity index is 2.14. The van der Waals surface area contributed by atoms with E-state index in [-0.39, 0.29) is 5.97 Å². The number of nitrogens with two attached hydrogens (primary N) is 2. The molecule has 1 fully saturated rings. The Hall–Kier alpha value is -1.27. The van der Waals surface area contributed by atoms with Crippen LogP contribution >= 0.6 is 11.3 Å². The maximum absolute atomic E-state index is 11.5. The zero-order valence-corrected chi connectivity index (χ0v) is 10.6. The van der Waals surface area contributed by atoms with Crippen molar-refractivity contribution in [2.75, 3.05) is 30.8 Å². The molecule has 0 unspecified atom stereocenters. The van der Waals surface area contributed by atoms with Crippen LogP contribution in [0.5, 0.6) is 0 Å². The summed E-state index contributed by atoms with van der Waals surface area (Å²) in [5, 5.41) is 1.02. The number of hydrogen-bond acceptors (Lipinski definition) is 6. The third kappa shape index (κ3) is 2.53. The van der Waals surface area contributed by atoms with E-state index >= 15 is 0 Å². The van der Waals surface area contributed by atoms with Crippen LogP contribution in [0, 0.1) is 0 Å². The predicted molar refractivity (Wildman–Crippen MR) is 69.5 cm³/mol. The van der Waals surface area contributed by atoms with Gasteiger partial charge in [0.1, 0.15) is 4.88 Å². The molecule has 0 bridgehead atoms. The third-order valence-corrected chi connectivity index (χ3v) is 4.16. The molecule has 0 spiro atoms. The average molecular weight is 255 g/mol. The van der Waals surface area contributed by atoms with Crippen molar-refractivity contribution in [2.45, 2.75) is 18.9 Å². The molecule has 6 heteroatoms. The van der Waals surface area contributed by atoms with Gasteiger partial charge in [0.25, 0.3) is 0 Å². The standard InChI is InChI=1S/C11H17N3O2S/c1-16-11(15)10-8(13)6-9(17-10)14-4-2-7(12)3-5-14/h6-7H,2-5,12-13H2,1H3. The summed E-state index contributed by atoms with van der Waals surface area (Å²) in [6.07, 6.45) is 1.96. The summed E-state index contributed by atoms with van der Waals surface area (Å²) in [7, 11) is 1.36. The molecule has 17 heavy (non-hydrogen) atoms. The fourth-order valence-corrected chi connectivity index (χ4v) is 2.97. The van der Waals surface area contributed by atoms with Gasteiger partial charge < -0.3 is 21.1 Å². The summed E-state index contributed by atoms with van der Waals surface area (Å²) in [5.41, 5.74) is 12.2. The molecule has 2 heterocycles. The largest absolute Gasteiger partial charge is 0.465 e. The van der Waals surface area contributed by atoms with Crippen molar-refractivity contribution in [3.05, 3.63) is 10.9 Å². The van der Waals surface area contributed by atoms with Crippen LogP contribution in [-0.4, -0.2) is 32.2 Å². The molecule has 1 aromatic heterocycles. The summed E-state index contributed by atoms with van der Waals surface area (Å²) in [4.78, 5) is 14.2. The van der Waals surface area contributed by atoms with E-state index in [2.05, 4.69) is 9.64 Å². The molecule has 4 N–H and O–H groups in total. The maximum Gasteiger partial charge on any atom is 0.350 e. The van der Waals surface area contributed by atoms with Crippen molar-refractivity contribution in [1.29, 1.82) is 0 Å². The number of piperidine rings is 1. The Morgan fingerprint density at radius 1 is 1.53 bits per heavy atom. The van der Waals surface area contributed by atoms with Gasteiger partial charge in [0.05, 0.1) is 17.8 Å². The zero-order chi connectivity index (χ0) is 12.4. The lowest BCUT2D eigenvalue weighted by atomic mass is 10.1. The minimum absolute atomic E-state index is 0.295. The van der Waals surface area contributed by atoms with Gasteiger partial charge in [-0.1, -0.05) is 0 Å². The zero-order valence-electron chi connectivity index (χ0n) is 9.81. The minimum Gasteiger partial charge on any atom is -0.465 e. The van der Waals surface area contributed by atoms with Gasteiger partial charge in [0.2, 0.25) is 0 Å². The number of nitrogens with zero attached hydrogens (tertiary/aromatic N) is 1. The lowest BCUT2D eigenvalue weighted by molar-refractivity contribution is 0.0607. The van der Waals surface area contributed by atoms with Crippen LogP contribution in [-0.2, 0) is 4.74 Å². The number of rotatable bonds is 2. The third-order valence-electron chi connectivity index (χ3n) is 2.97. The van der Waals surface area contributed by atoms with Crippen molar-refractivity contribution < 1.29 is 9.53 Å². The second-order valence-electron chi connectivity index (χ2n) is 4.19. The van der Waals surface area contributed by atoms with Crippen molar-refractivity contribution in [3.8, 4) is 0 Å². The van der Waals surface area contributed by atoms with E-state index in [4.69, 9.17) is 11.5 Å². The Morgan fingerprint density at radius 3 is 2.76 bits per heavy atom. The van der Waals surface area contributed by atoms with Crippen LogP contribution in [0.15, 0.2) is 6.07 Å². The quantitative estimate of drug-likeness (QED) is 0.772. The number of carbonyl (C=O) groups excluding carboxylic acids is 1.